The normalized spacial score (nSPS) is 18.3. The molecule has 0 aromatic heterocycles. The minimum atomic E-state index is -0.459. The van der Waals surface area contributed by atoms with Crippen LogP contribution in [-0.2, 0) is 11.3 Å². The van der Waals surface area contributed by atoms with E-state index in [9.17, 15) is 5.11 Å². The highest BCUT2D eigenvalue weighted by molar-refractivity contribution is 5.14. The number of aliphatic hydroxyl groups excluding tert-OH is 1. The molecule has 1 atom stereocenters. The van der Waals surface area contributed by atoms with Gasteiger partial charge in [-0.05, 0) is 5.56 Å². The molecule has 21 heavy (non-hydrogen) atoms. The lowest BCUT2D eigenvalue weighted by Crippen LogP contribution is -2.48. The number of ether oxygens (including phenoxy) is 1. The van der Waals surface area contributed by atoms with Crippen LogP contribution in [0.1, 0.15) is 5.56 Å². The highest BCUT2D eigenvalue weighted by Crippen LogP contribution is 2.08. The van der Waals surface area contributed by atoms with Crippen molar-refractivity contribution in [3.63, 3.8) is 0 Å². The Balaban J connectivity index is 1.65. The number of benzene rings is 1. The highest BCUT2D eigenvalue weighted by Gasteiger charge is 2.19. The molecule has 1 fully saturated rings. The predicted molar refractivity (Wildman–Crippen MR) is 83.8 cm³/mol. The molecule has 1 saturated heterocycles. The Labute approximate surface area is 127 Å². The average Bonchev–Trinajstić information content (AvgIpc) is 2.51. The predicted octanol–water partition coefficient (Wildman–Crippen LogP) is 0.815. The lowest BCUT2D eigenvalue weighted by atomic mass is 10.2. The lowest BCUT2D eigenvalue weighted by Gasteiger charge is -2.35. The van der Waals surface area contributed by atoms with Gasteiger partial charge >= 0.3 is 0 Å². The fraction of sp³-hybridized carbons (Fsp3) is 0.529. The third kappa shape index (κ3) is 5.86. The van der Waals surface area contributed by atoms with Crippen molar-refractivity contribution >= 4 is 0 Å². The highest BCUT2D eigenvalue weighted by atomic mass is 16.5. The van der Waals surface area contributed by atoms with Gasteiger partial charge in [0.25, 0.3) is 0 Å². The van der Waals surface area contributed by atoms with Crippen molar-refractivity contribution < 1.29 is 9.84 Å². The number of aliphatic hydroxyl groups is 1. The summed E-state index contributed by atoms with van der Waals surface area (Å²) in [6.07, 6.45) is 4.65. The molecule has 0 amide bonds. The maximum absolute atomic E-state index is 9.88. The molecule has 0 radical (unpaired) electrons. The van der Waals surface area contributed by atoms with Crippen LogP contribution >= 0.6 is 0 Å². The SMILES string of the molecule is C#CCOCC(O)CN1CCN(Cc2ccccc2)CC1. The zero-order chi connectivity index (χ0) is 14.9. The summed E-state index contributed by atoms with van der Waals surface area (Å²) in [6.45, 7) is 6.28. The fourth-order valence-corrected chi connectivity index (χ4v) is 2.58. The first kappa shape index (κ1) is 16.0. The van der Waals surface area contributed by atoms with Crippen molar-refractivity contribution in [2.24, 2.45) is 0 Å². The Bertz CT molecular complexity index is 436. The van der Waals surface area contributed by atoms with E-state index in [4.69, 9.17) is 11.2 Å². The van der Waals surface area contributed by atoms with Crippen molar-refractivity contribution in [3.05, 3.63) is 35.9 Å². The third-order valence-corrected chi connectivity index (χ3v) is 3.68. The van der Waals surface area contributed by atoms with Crippen molar-refractivity contribution in [3.8, 4) is 12.3 Å². The quantitative estimate of drug-likeness (QED) is 0.595. The van der Waals surface area contributed by atoms with E-state index in [1.165, 1.54) is 5.56 Å². The van der Waals surface area contributed by atoms with Crippen molar-refractivity contribution in [2.75, 3.05) is 45.9 Å². The van der Waals surface area contributed by atoms with Crippen LogP contribution in [0.15, 0.2) is 30.3 Å². The molecule has 1 aromatic carbocycles. The van der Waals surface area contributed by atoms with Crippen molar-refractivity contribution in [2.45, 2.75) is 12.6 Å². The summed E-state index contributed by atoms with van der Waals surface area (Å²) in [7, 11) is 0. The second kappa shape index (κ2) is 8.81. The fourth-order valence-electron chi connectivity index (χ4n) is 2.58. The summed E-state index contributed by atoms with van der Waals surface area (Å²) >= 11 is 0. The molecular weight excluding hydrogens is 264 g/mol. The lowest BCUT2D eigenvalue weighted by molar-refractivity contribution is 0.0154. The van der Waals surface area contributed by atoms with Gasteiger partial charge in [0.2, 0.25) is 0 Å². The molecular formula is C17H24N2O2. The largest absolute Gasteiger partial charge is 0.389 e. The zero-order valence-corrected chi connectivity index (χ0v) is 12.4. The van der Waals surface area contributed by atoms with Crippen molar-refractivity contribution in [1.82, 2.24) is 9.80 Å². The molecule has 114 valence electrons. The molecule has 0 spiro atoms. The van der Waals surface area contributed by atoms with Gasteiger partial charge in [-0.3, -0.25) is 9.80 Å². The summed E-state index contributed by atoms with van der Waals surface area (Å²) in [5.74, 6) is 2.40. The Morgan fingerprint density at radius 2 is 1.81 bits per heavy atom. The first-order chi connectivity index (χ1) is 10.3. The van der Waals surface area contributed by atoms with Crippen molar-refractivity contribution in [1.29, 1.82) is 0 Å². The van der Waals surface area contributed by atoms with Crippen LogP contribution < -0.4 is 0 Å². The molecule has 1 aliphatic heterocycles. The van der Waals surface area contributed by atoms with Gasteiger partial charge in [0.1, 0.15) is 6.61 Å². The van der Waals surface area contributed by atoms with Gasteiger partial charge in [0, 0.05) is 39.3 Å². The van der Waals surface area contributed by atoms with E-state index in [1.807, 2.05) is 6.07 Å². The van der Waals surface area contributed by atoms with E-state index in [0.29, 0.717) is 13.2 Å². The smallest absolute Gasteiger partial charge is 0.107 e. The van der Waals surface area contributed by atoms with Gasteiger partial charge in [-0.15, -0.1) is 6.42 Å². The average molecular weight is 288 g/mol. The van der Waals surface area contributed by atoms with E-state index in [0.717, 1.165) is 32.7 Å². The molecule has 4 nitrogen and oxygen atoms in total. The summed E-state index contributed by atoms with van der Waals surface area (Å²) in [5.41, 5.74) is 1.36. The van der Waals surface area contributed by atoms with Crippen LogP contribution in [0, 0.1) is 12.3 Å². The molecule has 1 N–H and O–H groups in total. The topological polar surface area (TPSA) is 35.9 Å². The number of piperazine rings is 1. The number of terminal acetylenes is 1. The zero-order valence-electron chi connectivity index (χ0n) is 12.4. The second-order valence-electron chi connectivity index (χ2n) is 5.44. The van der Waals surface area contributed by atoms with Crippen LogP contribution in [0.3, 0.4) is 0 Å². The summed E-state index contributed by atoms with van der Waals surface area (Å²) < 4.78 is 5.16. The Hall–Kier alpha value is -1.38. The van der Waals surface area contributed by atoms with Crippen LogP contribution in [-0.4, -0.2) is 66.9 Å². The minimum Gasteiger partial charge on any atom is -0.389 e. The Morgan fingerprint density at radius 3 is 2.48 bits per heavy atom. The molecule has 4 heteroatoms. The summed E-state index contributed by atoms with van der Waals surface area (Å²) in [6, 6.07) is 10.5. The molecule has 0 bridgehead atoms. The Morgan fingerprint density at radius 1 is 1.14 bits per heavy atom. The molecule has 1 aliphatic rings. The molecule has 0 aliphatic carbocycles. The first-order valence-corrected chi connectivity index (χ1v) is 7.46. The van der Waals surface area contributed by atoms with Gasteiger partial charge in [-0.2, -0.15) is 0 Å². The Kier molecular flexibility index (Phi) is 6.71. The standard InChI is InChI=1S/C17H24N2O2/c1-2-12-21-15-17(20)14-19-10-8-18(9-11-19)13-16-6-4-3-5-7-16/h1,3-7,17,20H,8-15H2. The van der Waals surface area contributed by atoms with Gasteiger partial charge in [-0.25, -0.2) is 0 Å². The van der Waals surface area contributed by atoms with Gasteiger partial charge in [-0.1, -0.05) is 36.3 Å². The number of hydrogen-bond acceptors (Lipinski definition) is 4. The van der Waals surface area contributed by atoms with E-state index < -0.39 is 6.10 Å². The maximum atomic E-state index is 9.88. The van der Waals surface area contributed by atoms with Gasteiger partial charge < -0.3 is 9.84 Å². The van der Waals surface area contributed by atoms with E-state index in [-0.39, 0.29) is 6.61 Å². The molecule has 1 heterocycles. The van der Waals surface area contributed by atoms with Crippen LogP contribution in [0.4, 0.5) is 0 Å². The van der Waals surface area contributed by atoms with Gasteiger partial charge in [0.15, 0.2) is 0 Å². The van der Waals surface area contributed by atoms with Gasteiger partial charge in [0.05, 0.1) is 12.7 Å². The molecule has 1 unspecified atom stereocenters. The third-order valence-electron chi connectivity index (χ3n) is 3.68. The number of nitrogens with zero attached hydrogens (tertiary/aromatic N) is 2. The summed E-state index contributed by atoms with van der Waals surface area (Å²) in [4.78, 5) is 4.73. The van der Waals surface area contributed by atoms with E-state index in [2.05, 4.69) is 40.0 Å². The molecule has 2 rings (SSSR count). The number of rotatable bonds is 7. The number of β-amino-alcohol motifs (C(OH)–C–C–N with tert-alkyl or cyclic N) is 1. The second-order valence-corrected chi connectivity index (χ2v) is 5.44. The molecule has 1 aromatic rings. The minimum absolute atomic E-state index is 0.266. The molecule has 0 saturated carbocycles. The summed E-state index contributed by atoms with van der Waals surface area (Å²) in [5, 5.41) is 9.88. The first-order valence-electron chi connectivity index (χ1n) is 7.46. The van der Waals surface area contributed by atoms with E-state index >= 15 is 0 Å². The van der Waals surface area contributed by atoms with Crippen LogP contribution in [0.5, 0.6) is 0 Å². The van der Waals surface area contributed by atoms with Crippen LogP contribution in [0.2, 0.25) is 0 Å². The monoisotopic (exact) mass is 288 g/mol. The van der Waals surface area contributed by atoms with E-state index in [1.54, 1.807) is 0 Å². The maximum Gasteiger partial charge on any atom is 0.107 e. The van der Waals surface area contributed by atoms with Crippen LogP contribution in [0.25, 0.3) is 0 Å². The number of hydrogen-bond donors (Lipinski definition) is 1.